The number of fused-ring (bicyclic) bond motifs is 1. The molecule has 126 valence electrons. The largest absolute Gasteiger partial charge is 0.338 e. The minimum absolute atomic E-state index is 0.0468. The summed E-state index contributed by atoms with van der Waals surface area (Å²) in [4.78, 5) is 27.5. The molecule has 5 nitrogen and oxygen atoms in total. The number of carbonyl (C=O) groups excluding carboxylic acids is 2. The van der Waals surface area contributed by atoms with Crippen molar-refractivity contribution in [3.8, 4) is 0 Å². The molecule has 0 atom stereocenters. The van der Waals surface area contributed by atoms with Crippen molar-refractivity contribution in [2.45, 2.75) is 19.5 Å². The Labute approximate surface area is 149 Å². The molecule has 1 aromatic heterocycles. The summed E-state index contributed by atoms with van der Waals surface area (Å²) in [5, 5.41) is 1.14. The zero-order chi connectivity index (χ0) is 17.4. The van der Waals surface area contributed by atoms with Crippen molar-refractivity contribution in [1.82, 2.24) is 14.4 Å². The second kappa shape index (κ2) is 6.43. The fraction of sp³-hybridized carbons (Fsp3) is 0.333. The van der Waals surface area contributed by atoms with Gasteiger partial charge in [0.05, 0.1) is 6.04 Å². The standard InChI is InChI=1S/C18H20BrN3O2/c1-4-17(23)22-9-14(10-22)20(3)18(24)11-21-8-12(2)15-7-13(19)5-6-16(15)21/h4-8,14H,1,9-11H2,2-3H3. The Balaban J connectivity index is 1.69. The van der Waals surface area contributed by atoms with Crippen LogP contribution in [0.1, 0.15) is 5.56 Å². The summed E-state index contributed by atoms with van der Waals surface area (Å²) in [5.74, 6) is -0.0322. The van der Waals surface area contributed by atoms with E-state index in [2.05, 4.69) is 28.6 Å². The first-order valence-corrected chi connectivity index (χ1v) is 8.62. The van der Waals surface area contributed by atoms with Crippen LogP contribution >= 0.6 is 15.9 Å². The highest BCUT2D eigenvalue weighted by atomic mass is 79.9. The summed E-state index contributed by atoms with van der Waals surface area (Å²) < 4.78 is 3.02. The third-order valence-electron chi connectivity index (χ3n) is 4.64. The number of carbonyl (C=O) groups is 2. The number of likely N-dealkylation sites (tertiary alicyclic amines) is 1. The molecule has 0 aliphatic carbocycles. The topological polar surface area (TPSA) is 45.6 Å². The normalized spacial score (nSPS) is 14.5. The van der Waals surface area contributed by atoms with Crippen LogP contribution in [0.3, 0.4) is 0 Å². The molecule has 24 heavy (non-hydrogen) atoms. The lowest BCUT2D eigenvalue weighted by atomic mass is 10.1. The van der Waals surface area contributed by atoms with Crippen LogP contribution in [0, 0.1) is 6.92 Å². The number of rotatable bonds is 4. The molecule has 1 aliphatic rings. The van der Waals surface area contributed by atoms with Crippen molar-refractivity contribution in [2.24, 2.45) is 0 Å². The summed E-state index contributed by atoms with van der Waals surface area (Å²) in [6.45, 7) is 6.98. The summed E-state index contributed by atoms with van der Waals surface area (Å²) >= 11 is 3.49. The van der Waals surface area contributed by atoms with Crippen LogP contribution in [-0.2, 0) is 16.1 Å². The predicted octanol–water partition coefficient (Wildman–Crippen LogP) is 2.57. The molecule has 0 radical (unpaired) electrons. The molecule has 1 aromatic carbocycles. The van der Waals surface area contributed by atoms with Crippen molar-refractivity contribution in [3.63, 3.8) is 0 Å². The lowest BCUT2D eigenvalue weighted by Gasteiger charge is -2.43. The van der Waals surface area contributed by atoms with Gasteiger partial charge in [0.1, 0.15) is 6.54 Å². The van der Waals surface area contributed by atoms with Crippen LogP contribution in [0.25, 0.3) is 10.9 Å². The summed E-state index contributed by atoms with van der Waals surface area (Å²) in [6.07, 6.45) is 3.32. The minimum atomic E-state index is -0.0790. The lowest BCUT2D eigenvalue weighted by Crippen LogP contribution is -2.61. The number of hydrogen-bond donors (Lipinski definition) is 0. The first kappa shape index (κ1) is 16.8. The quantitative estimate of drug-likeness (QED) is 0.754. The van der Waals surface area contributed by atoms with E-state index in [1.54, 1.807) is 16.8 Å². The van der Waals surface area contributed by atoms with E-state index in [0.717, 1.165) is 20.9 Å². The average Bonchev–Trinajstić information content (AvgIpc) is 2.81. The van der Waals surface area contributed by atoms with Crippen LogP contribution in [-0.4, -0.2) is 52.4 Å². The van der Waals surface area contributed by atoms with Gasteiger partial charge in [-0.2, -0.15) is 0 Å². The second-order valence-corrected chi connectivity index (χ2v) is 7.12. The summed E-state index contributed by atoms with van der Waals surface area (Å²) in [7, 11) is 1.80. The number of likely N-dealkylation sites (N-methyl/N-ethyl adjacent to an activating group) is 1. The molecular formula is C18H20BrN3O2. The van der Waals surface area contributed by atoms with E-state index < -0.39 is 0 Å². The Hall–Kier alpha value is -2.08. The maximum Gasteiger partial charge on any atom is 0.246 e. The number of nitrogens with zero attached hydrogens (tertiary/aromatic N) is 3. The molecule has 6 heteroatoms. The Kier molecular flexibility index (Phi) is 4.49. The van der Waals surface area contributed by atoms with Crippen molar-refractivity contribution in [3.05, 3.63) is 47.1 Å². The van der Waals surface area contributed by atoms with Gasteiger partial charge >= 0.3 is 0 Å². The lowest BCUT2D eigenvalue weighted by molar-refractivity contribution is -0.142. The van der Waals surface area contributed by atoms with Gasteiger partial charge in [-0.05, 0) is 36.8 Å². The Morgan fingerprint density at radius 3 is 2.79 bits per heavy atom. The number of aromatic nitrogens is 1. The molecule has 0 bridgehead atoms. The van der Waals surface area contributed by atoms with Crippen LogP contribution in [0.15, 0.2) is 41.5 Å². The molecule has 2 aromatic rings. The Bertz CT molecular complexity index is 821. The highest BCUT2D eigenvalue weighted by molar-refractivity contribution is 9.10. The smallest absolute Gasteiger partial charge is 0.246 e. The van der Waals surface area contributed by atoms with Crippen LogP contribution in [0.5, 0.6) is 0 Å². The maximum atomic E-state index is 12.6. The monoisotopic (exact) mass is 389 g/mol. The number of halogens is 1. The number of benzene rings is 1. The fourth-order valence-corrected chi connectivity index (χ4v) is 3.41. The third kappa shape index (κ3) is 2.98. The molecule has 1 aliphatic heterocycles. The first-order chi connectivity index (χ1) is 11.4. The molecule has 0 spiro atoms. The van der Waals surface area contributed by atoms with Gasteiger partial charge in [0, 0.05) is 41.7 Å². The summed E-state index contributed by atoms with van der Waals surface area (Å²) in [6, 6.07) is 6.16. The fourth-order valence-electron chi connectivity index (χ4n) is 3.05. The number of hydrogen-bond acceptors (Lipinski definition) is 2. The zero-order valence-electron chi connectivity index (χ0n) is 13.8. The third-order valence-corrected chi connectivity index (χ3v) is 5.13. The van der Waals surface area contributed by atoms with Gasteiger partial charge in [0.25, 0.3) is 0 Å². The van der Waals surface area contributed by atoms with Crippen molar-refractivity contribution >= 4 is 38.6 Å². The molecule has 2 amide bonds. The first-order valence-electron chi connectivity index (χ1n) is 7.82. The van der Waals surface area contributed by atoms with Crippen molar-refractivity contribution in [2.75, 3.05) is 20.1 Å². The van der Waals surface area contributed by atoms with Gasteiger partial charge in [-0.1, -0.05) is 22.5 Å². The van der Waals surface area contributed by atoms with E-state index in [1.165, 1.54) is 6.08 Å². The molecule has 1 saturated heterocycles. The van der Waals surface area contributed by atoms with Crippen molar-refractivity contribution < 1.29 is 9.59 Å². The highest BCUT2D eigenvalue weighted by Crippen LogP contribution is 2.25. The SMILES string of the molecule is C=CC(=O)N1CC(N(C)C(=O)Cn2cc(C)c3cc(Br)ccc32)C1. The van der Waals surface area contributed by atoms with Gasteiger partial charge < -0.3 is 14.4 Å². The van der Waals surface area contributed by atoms with E-state index in [0.29, 0.717) is 19.6 Å². The van der Waals surface area contributed by atoms with Gasteiger partial charge in [-0.3, -0.25) is 9.59 Å². The van der Waals surface area contributed by atoms with E-state index in [-0.39, 0.29) is 17.9 Å². The van der Waals surface area contributed by atoms with Crippen LogP contribution in [0.2, 0.25) is 0 Å². The number of aryl methyl sites for hydroxylation is 1. The van der Waals surface area contributed by atoms with E-state index >= 15 is 0 Å². The zero-order valence-corrected chi connectivity index (χ0v) is 15.4. The highest BCUT2D eigenvalue weighted by Gasteiger charge is 2.34. The van der Waals surface area contributed by atoms with Crippen LogP contribution in [0.4, 0.5) is 0 Å². The van der Waals surface area contributed by atoms with Gasteiger partial charge in [-0.25, -0.2) is 0 Å². The molecule has 3 rings (SSSR count). The summed E-state index contributed by atoms with van der Waals surface area (Å²) in [5.41, 5.74) is 2.20. The van der Waals surface area contributed by atoms with Crippen LogP contribution < -0.4 is 0 Å². The molecule has 0 unspecified atom stereocenters. The van der Waals surface area contributed by atoms with Gasteiger partial charge in [0.2, 0.25) is 11.8 Å². The van der Waals surface area contributed by atoms with Gasteiger partial charge in [-0.15, -0.1) is 0 Å². The molecule has 2 heterocycles. The Morgan fingerprint density at radius 2 is 2.12 bits per heavy atom. The minimum Gasteiger partial charge on any atom is -0.338 e. The molecule has 0 N–H and O–H groups in total. The van der Waals surface area contributed by atoms with Gasteiger partial charge in [0.15, 0.2) is 0 Å². The average molecular weight is 390 g/mol. The molecular weight excluding hydrogens is 370 g/mol. The second-order valence-electron chi connectivity index (χ2n) is 6.21. The van der Waals surface area contributed by atoms with E-state index in [9.17, 15) is 9.59 Å². The Morgan fingerprint density at radius 1 is 1.42 bits per heavy atom. The predicted molar refractivity (Wildman–Crippen MR) is 97.7 cm³/mol. The molecule has 1 fully saturated rings. The van der Waals surface area contributed by atoms with Crippen molar-refractivity contribution in [1.29, 1.82) is 0 Å². The van der Waals surface area contributed by atoms with E-state index in [1.807, 2.05) is 29.8 Å². The van der Waals surface area contributed by atoms with E-state index in [4.69, 9.17) is 0 Å². The molecule has 0 saturated carbocycles. The number of amides is 2. The maximum absolute atomic E-state index is 12.6.